The van der Waals surface area contributed by atoms with Crippen LogP contribution in [0.4, 0.5) is 0 Å². The van der Waals surface area contributed by atoms with Gasteiger partial charge in [-0.2, -0.15) is 0 Å². The SMILES string of the molecule is CC(=O)[C@H](C)C(=O)O[C@H]1C[C@@H](C)C=C2C=C[C@H](C)[C@H](CC[C@@H]3C[C@@H](O)CC(=O)O3)[C@H]21. The van der Waals surface area contributed by atoms with E-state index in [4.69, 9.17) is 9.47 Å². The Balaban J connectivity index is 1.75. The molecule has 0 spiro atoms. The Morgan fingerprint density at radius 3 is 2.67 bits per heavy atom. The van der Waals surface area contributed by atoms with E-state index in [0.717, 1.165) is 12.8 Å². The average Bonchev–Trinajstić information content (AvgIpc) is 2.65. The van der Waals surface area contributed by atoms with Gasteiger partial charge in [-0.05, 0) is 56.4 Å². The number of carbonyl (C=O) groups is 3. The third-order valence-electron chi connectivity index (χ3n) is 6.88. The summed E-state index contributed by atoms with van der Waals surface area (Å²) in [6, 6.07) is 0. The molecule has 0 amide bonds. The molecule has 1 saturated heterocycles. The average molecular weight is 419 g/mol. The summed E-state index contributed by atoms with van der Waals surface area (Å²) in [6.07, 6.45) is 8.18. The van der Waals surface area contributed by atoms with Crippen LogP contribution in [0.25, 0.3) is 0 Å². The Bertz CT molecular complexity index is 738. The maximum Gasteiger partial charge on any atom is 0.316 e. The van der Waals surface area contributed by atoms with Crippen molar-refractivity contribution in [3.05, 3.63) is 23.8 Å². The van der Waals surface area contributed by atoms with Gasteiger partial charge in [-0.25, -0.2) is 0 Å². The van der Waals surface area contributed by atoms with Gasteiger partial charge in [0.05, 0.1) is 12.5 Å². The number of ketones is 1. The third-order valence-corrected chi connectivity index (χ3v) is 6.88. The number of esters is 2. The fourth-order valence-corrected chi connectivity index (χ4v) is 5.06. The quantitative estimate of drug-likeness (QED) is 0.525. The van der Waals surface area contributed by atoms with Crippen molar-refractivity contribution >= 4 is 17.7 Å². The van der Waals surface area contributed by atoms with Gasteiger partial charge >= 0.3 is 11.9 Å². The molecule has 166 valence electrons. The molecule has 1 N–H and O–H groups in total. The van der Waals surface area contributed by atoms with Crippen LogP contribution in [0.1, 0.15) is 59.8 Å². The minimum Gasteiger partial charge on any atom is -0.462 e. The number of Topliss-reactive ketones (excluding diaryl/α,β-unsaturated/α-hetero) is 1. The van der Waals surface area contributed by atoms with Crippen LogP contribution in [0.2, 0.25) is 0 Å². The van der Waals surface area contributed by atoms with Crippen LogP contribution >= 0.6 is 0 Å². The molecule has 1 fully saturated rings. The van der Waals surface area contributed by atoms with E-state index in [1.807, 2.05) is 0 Å². The van der Waals surface area contributed by atoms with Gasteiger partial charge < -0.3 is 14.6 Å². The lowest BCUT2D eigenvalue weighted by molar-refractivity contribution is -0.163. The standard InChI is InChI=1S/C24H34O6/c1-13-9-17-6-5-14(2)20(8-7-19-11-18(26)12-22(27)29-19)23(17)21(10-13)30-24(28)15(3)16(4)25/h5-6,9,13-15,18-21,23,26H,7-8,10-12H2,1-4H3/t13-,14-,15-,18+,19+,20-,21-,23-/m0/s1. The molecule has 6 nitrogen and oxygen atoms in total. The molecule has 2 aliphatic carbocycles. The molecule has 3 rings (SSSR count). The van der Waals surface area contributed by atoms with Crippen molar-refractivity contribution in [3.63, 3.8) is 0 Å². The Kier molecular flexibility index (Phi) is 7.17. The van der Waals surface area contributed by atoms with Crippen molar-refractivity contribution in [2.75, 3.05) is 0 Å². The van der Waals surface area contributed by atoms with Gasteiger partial charge in [-0.15, -0.1) is 0 Å². The van der Waals surface area contributed by atoms with E-state index < -0.39 is 18.0 Å². The number of allylic oxidation sites excluding steroid dienone is 3. The molecule has 6 heteroatoms. The summed E-state index contributed by atoms with van der Waals surface area (Å²) in [4.78, 5) is 35.8. The number of hydrogen-bond acceptors (Lipinski definition) is 6. The van der Waals surface area contributed by atoms with Crippen molar-refractivity contribution in [3.8, 4) is 0 Å². The lowest BCUT2D eigenvalue weighted by Gasteiger charge is -2.43. The molecular formula is C24H34O6. The molecule has 0 aromatic heterocycles. The van der Waals surface area contributed by atoms with Crippen molar-refractivity contribution in [2.24, 2.45) is 29.6 Å². The Morgan fingerprint density at radius 1 is 1.27 bits per heavy atom. The second-order valence-electron chi connectivity index (χ2n) is 9.38. The Labute approximate surface area is 178 Å². The van der Waals surface area contributed by atoms with E-state index in [2.05, 4.69) is 32.1 Å². The summed E-state index contributed by atoms with van der Waals surface area (Å²) in [7, 11) is 0. The van der Waals surface area contributed by atoms with Crippen molar-refractivity contribution < 1.29 is 29.0 Å². The van der Waals surface area contributed by atoms with Crippen LogP contribution in [0.5, 0.6) is 0 Å². The summed E-state index contributed by atoms with van der Waals surface area (Å²) >= 11 is 0. The lowest BCUT2D eigenvalue weighted by Crippen LogP contribution is -2.42. The molecule has 8 atom stereocenters. The van der Waals surface area contributed by atoms with E-state index in [0.29, 0.717) is 12.8 Å². The summed E-state index contributed by atoms with van der Waals surface area (Å²) in [6.45, 7) is 7.28. The van der Waals surface area contributed by atoms with E-state index in [1.165, 1.54) is 12.5 Å². The van der Waals surface area contributed by atoms with Crippen LogP contribution in [0, 0.1) is 29.6 Å². The first-order valence-electron chi connectivity index (χ1n) is 11.1. The predicted molar refractivity (Wildman–Crippen MR) is 111 cm³/mol. The molecule has 30 heavy (non-hydrogen) atoms. The van der Waals surface area contributed by atoms with Gasteiger partial charge in [-0.1, -0.05) is 32.1 Å². The number of aliphatic hydroxyl groups excluding tert-OH is 1. The van der Waals surface area contributed by atoms with Crippen LogP contribution in [0.3, 0.4) is 0 Å². The minimum atomic E-state index is -0.757. The van der Waals surface area contributed by atoms with Gasteiger partial charge in [0, 0.05) is 12.3 Å². The van der Waals surface area contributed by atoms with Gasteiger partial charge in [-0.3, -0.25) is 14.4 Å². The van der Waals surface area contributed by atoms with Crippen molar-refractivity contribution in [2.45, 2.75) is 78.1 Å². The number of cyclic esters (lactones) is 1. The largest absolute Gasteiger partial charge is 0.462 e. The lowest BCUT2D eigenvalue weighted by atomic mass is 9.65. The zero-order valence-corrected chi connectivity index (χ0v) is 18.4. The molecule has 0 aromatic carbocycles. The zero-order valence-electron chi connectivity index (χ0n) is 18.4. The predicted octanol–water partition coefficient (Wildman–Crippen LogP) is 3.37. The maximum absolute atomic E-state index is 12.5. The fraction of sp³-hybridized carbons (Fsp3) is 0.708. The topological polar surface area (TPSA) is 89.9 Å². The van der Waals surface area contributed by atoms with Gasteiger partial charge in [0.25, 0.3) is 0 Å². The number of carbonyl (C=O) groups excluding carboxylic acids is 3. The number of fused-ring (bicyclic) bond motifs is 1. The highest BCUT2D eigenvalue weighted by Crippen LogP contribution is 2.45. The van der Waals surface area contributed by atoms with Crippen LogP contribution in [-0.2, 0) is 23.9 Å². The Morgan fingerprint density at radius 2 is 2.00 bits per heavy atom. The van der Waals surface area contributed by atoms with Crippen LogP contribution in [0.15, 0.2) is 23.8 Å². The second-order valence-corrected chi connectivity index (χ2v) is 9.38. The van der Waals surface area contributed by atoms with Crippen molar-refractivity contribution in [1.29, 1.82) is 0 Å². The minimum absolute atomic E-state index is 0.0634. The van der Waals surface area contributed by atoms with Crippen molar-refractivity contribution in [1.82, 2.24) is 0 Å². The van der Waals surface area contributed by atoms with E-state index in [-0.39, 0.29) is 54.1 Å². The highest BCUT2D eigenvalue weighted by atomic mass is 16.6. The summed E-state index contributed by atoms with van der Waals surface area (Å²) in [5, 5.41) is 9.89. The molecule has 1 heterocycles. The fourth-order valence-electron chi connectivity index (χ4n) is 5.06. The monoisotopic (exact) mass is 418 g/mol. The van der Waals surface area contributed by atoms with E-state index in [1.54, 1.807) is 6.92 Å². The number of aliphatic hydroxyl groups is 1. The van der Waals surface area contributed by atoms with E-state index >= 15 is 0 Å². The van der Waals surface area contributed by atoms with Gasteiger partial charge in [0.15, 0.2) is 0 Å². The smallest absolute Gasteiger partial charge is 0.316 e. The van der Waals surface area contributed by atoms with Crippen LogP contribution in [-0.4, -0.2) is 41.1 Å². The third kappa shape index (κ3) is 5.20. The molecule has 0 bridgehead atoms. The normalized spacial score (nSPS) is 36.9. The summed E-state index contributed by atoms with van der Waals surface area (Å²) < 4.78 is 11.3. The highest BCUT2D eigenvalue weighted by molar-refractivity contribution is 5.97. The number of ether oxygens (including phenoxy) is 2. The first-order chi connectivity index (χ1) is 14.2. The summed E-state index contributed by atoms with van der Waals surface area (Å²) in [5.74, 6) is -0.867. The summed E-state index contributed by atoms with van der Waals surface area (Å²) in [5.41, 5.74) is 1.19. The molecule has 3 aliphatic rings. The van der Waals surface area contributed by atoms with E-state index in [9.17, 15) is 19.5 Å². The van der Waals surface area contributed by atoms with Gasteiger partial charge in [0.1, 0.15) is 23.9 Å². The first kappa shape index (κ1) is 22.7. The molecule has 1 aliphatic heterocycles. The molecule has 0 unspecified atom stereocenters. The first-order valence-corrected chi connectivity index (χ1v) is 11.1. The maximum atomic E-state index is 12.5. The highest BCUT2D eigenvalue weighted by Gasteiger charge is 2.42. The second kappa shape index (κ2) is 9.46. The molecule has 0 radical (unpaired) electrons. The molecular weight excluding hydrogens is 384 g/mol. The van der Waals surface area contributed by atoms with Crippen LogP contribution < -0.4 is 0 Å². The number of rotatable bonds is 6. The molecule has 0 aromatic rings. The Hall–Kier alpha value is -1.95. The van der Waals surface area contributed by atoms with Gasteiger partial charge in [0.2, 0.25) is 0 Å². The zero-order chi connectivity index (χ0) is 22.0. The molecule has 0 saturated carbocycles. The number of hydrogen-bond donors (Lipinski definition) is 1.